The van der Waals surface area contributed by atoms with Gasteiger partial charge < -0.3 is 14.6 Å². The monoisotopic (exact) mass is 380 g/mol. The highest BCUT2D eigenvalue weighted by Crippen LogP contribution is 2.31. The molecule has 5 nitrogen and oxygen atoms in total. The molecule has 1 aliphatic heterocycles. The molecule has 1 aromatic heterocycles. The van der Waals surface area contributed by atoms with Crippen LogP contribution in [0.1, 0.15) is 52.1 Å². The van der Waals surface area contributed by atoms with Gasteiger partial charge in [0.05, 0.1) is 13.0 Å². The molecule has 5 heteroatoms. The van der Waals surface area contributed by atoms with E-state index in [1.165, 1.54) is 5.56 Å². The van der Waals surface area contributed by atoms with E-state index in [1.807, 2.05) is 25.1 Å². The van der Waals surface area contributed by atoms with Crippen molar-refractivity contribution >= 4 is 11.7 Å². The zero-order chi connectivity index (χ0) is 19.5. The van der Waals surface area contributed by atoms with Crippen LogP contribution in [0.15, 0.2) is 30.3 Å². The van der Waals surface area contributed by atoms with Crippen LogP contribution in [-0.2, 0) is 28.9 Å². The van der Waals surface area contributed by atoms with Crippen LogP contribution in [0.5, 0.6) is 0 Å². The molecule has 0 unspecified atom stereocenters. The molecular weight excluding hydrogens is 352 g/mol. The molecule has 1 saturated heterocycles. The number of fused-ring (bicyclic) bond motifs is 1. The average molecular weight is 380 g/mol. The molecule has 0 spiro atoms. The summed E-state index contributed by atoms with van der Waals surface area (Å²) in [5, 5.41) is 3.04. The first kappa shape index (κ1) is 18.9. The van der Waals surface area contributed by atoms with Gasteiger partial charge in [-0.1, -0.05) is 30.3 Å². The van der Waals surface area contributed by atoms with E-state index in [-0.39, 0.29) is 18.1 Å². The number of ether oxygens (including phenoxy) is 1. The lowest BCUT2D eigenvalue weighted by Crippen LogP contribution is -2.31. The molecule has 2 heterocycles. The molecule has 4 rings (SSSR count). The number of hydrogen-bond acceptors (Lipinski definition) is 3. The SMILES string of the molecule is Cc1c(CC(=O)NC[C@@H]2CCOC2)c2c(n1Cc1ccccc1)CCCC2=O. The number of aromatic nitrogens is 1. The fraction of sp³-hybridized carbons (Fsp3) is 0.478. The van der Waals surface area contributed by atoms with Gasteiger partial charge in [0, 0.05) is 49.0 Å². The van der Waals surface area contributed by atoms with Gasteiger partial charge in [0.25, 0.3) is 0 Å². The van der Waals surface area contributed by atoms with Gasteiger partial charge in [0.1, 0.15) is 0 Å². The molecule has 0 bridgehead atoms. The highest BCUT2D eigenvalue weighted by molar-refractivity contribution is 6.01. The summed E-state index contributed by atoms with van der Waals surface area (Å²) in [5.41, 5.74) is 5.07. The van der Waals surface area contributed by atoms with E-state index in [2.05, 4.69) is 22.0 Å². The number of ketones is 1. The number of amides is 1. The van der Waals surface area contributed by atoms with Crippen molar-refractivity contribution in [3.05, 3.63) is 58.4 Å². The highest BCUT2D eigenvalue weighted by Gasteiger charge is 2.29. The van der Waals surface area contributed by atoms with Crippen LogP contribution in [0.3, 0.4) is 0 Å². The molecule has 1 fully saturated rings. The van der Waals surface area contributed by atoms with Crippen molar-refractivity contribution in [1.29, 1.82) is 0 Å². The summed E-state index contributed by atoms with van der Waals surface area (Å²) in [4.78, 5) is 25.3. The first-order valence-electron chi connectivity index (χ1n) is 10.3. The van der Waals surface area contributed by atoms with Gasteiger partial charge in [-0.3, -0.25) is 9.59 Å². The molecule has 2 aliphatic rings. The Morgan fingerprint density at radius 3 is 2.82 bits per heavy atom. The minimum absolute atomic E-state index is 0.00645. The standard InChI is InChI=1S/C23H28N2O3/c1-16-19(12-22(27)24-13-18-10-11-28-15-18)23-20(8-5-9-21(23)26)25(16)14-17-6-3-2-4-7-17/h2-4,6-7,18H,5,8-15H2,1H3,(H,24,27)/t18-/m0/s1. The number of nitrogens with one attached hydrogen (secondary N) is 1. The Morgan fingerprint density at radius 2 is 2.07 bits per heavy atom. The second-order valence-electron chi connectivity index (χ2n) is 7.94. The van der Waals surface area contributed by atoms with Gasteiger partial charge in [-0.2, -0.15) is 0 Å². The second-order valence-corrected chi connectivity index (χ2v) is 7.94. The quantitative estimate of drug-likeness (QED) is 0.838. The molecule has 0 radical (unpaired) electrons. The number of rotatable bonds is 6. The molecule has 1 aliphatic carbocycles. The van der Waals surface area contributed by atoms with Crippen molar-refractivity contribution < 1.29 is 14.3 Å². The van der Waals surface area contributed by atoms with Crippen LogP contribution in [-0.4, -0.2) is 36.0 Å². The van der Waals surface area contributed by atoms with Crippen molar-refractivity contribution in [2.24, 2.45) is 5.92 Å². The maximum Gasteiger partial charge on any atom is 0.224 e. The lowest BCUT2D eigenvalue weighted by molar-refractivity contribution is -0.120. The second kappa shape index (κ2) is 8.31. The van der Waals surface area contributed by atoms with Crippen molar-refractivity contribution in [3.63, 3.8) is 0 Å². The number of hydrogen-bond donors (Lipinski definition) is 1. The number of carbonyl (C=O) groups excluding carboxylic acids is 2. The molecule has 1 atom stereocenters. The fourth-order valence-corrected chi connectivity index (χ4v) is 4.41. The largest absolute Gasteiger partial charge is 0.381 e. The Kier molecular flexibility index (Phi) is 5.62. The van der Waals surface area contributed by atoms with E-state index in [9.17, 15) is 9.59 Å². The molecule has 1 N–H and O–H groups in total. The van der Waals surface area contributed by atoms with Gasteiger partial charge in [0.15, 0.2) is 5.78 Å². The lowest BCUT2D eigenvalue weighted by Gasteiger charge is -2.16. The smallest absolute Gasteiger partial charge is 0.224 e. The van der Waals surface area contributed by atoms with E-state index in [4.69, 9.17) is 4.74 Å². The summed E-state index contributed by atoms with van der Waals surface area (Å²) in [5.74, 6) is 0.583. The first-order valence-corrected chi connectivity index (χ1v) is 10.3. The average Bonchev–Trinajstić information content (AvgIpc) is 3.31. The molecule has 1 aromatic carbocycles. The third kappa shape index (κ3) is 3.90. The summed E-state index contributed by atoms with van der Waals surface area (Å²) in [6.45, 7) is 4.94. The van der Waals surface area contributed by atoms with E-state index >= 15 is 0 Å². The molecule has 1 amide bonds. The third-order valence-electron chi connectivity index (χ3n) is 5.99. The topological polar surface area (TPSA) is 60.3 Å². The molecule has 0 saturated carbocycles. The first-order chi connectivity index (χ1) is 13.6. The van der Waals surface area contributed by atoms with Crippen LogP contribution < -0.4 is 5.32 Å². The summed E-state index contributed by atoms with van der Waals surface area (Å²) < 4.78 is 7.62. The van der Waals surface area contributed by atoms with Gasteiger partial charge in [-0.25, -0.2) is 0 Å². The van der Waals surface area contributed by atoms with Crippen LogP contribution >= 0.6 is 0 Å². The molecule has 28 heavy (non-hydrogen) atoms. The maximum absolute atomic E-state index is 12.7. The van der Waals surface area contributed by atoms with Crippen LogP contribution in [0, 0.1) is 12.8 Å². The molecule has 2 aromatic rings. The molecular formula is C23H28N2O3. The van der Waals surface area contributed by atoms with Gasteiger partial charge in [-0.15, -0.1) is 0 Å². The maximum atomic E-state index is 12.7. The third-order valence-corrected chi connectivity index (χ3v) is 5.99. The Bertz CT molecular complexity index is 864. The Labute approximate surface area is 166 Å². The predicted octanol–water partition coefficient (Wildman–Crippen LogP) is 3.06. The van der Waals surface area contributed by atoms with E-state index in [0.29, 0.717) is 18.9 Å². The number of nitrogens with zero attached hydrogens (tertiary/aromatic N) is 1. The summed E-state index contributed by atoms with van der Waals surface area (Å²) in [6, 6.07) is 10.3. The van der Waals surface area contributed by atoms with Crippen molar-refractivity contribution in [3.8, 4) is 0 Å². The lowest BCUT2D eigenvalue weighted by atomic mass is 9.92. The van der Waals surface area contributed by atoms with Crippen molar-refractivity contribution in [2.45, 2.75) is 45.6 Å². The molecule has 148 valence electrons. The highest BCUT2D eigenvalue weighted by atomic mass is 16.5. The summed E-state index contributed by atoms with van der Waals surface area (Å²) in [7, 11) is 0. The predicted molar refractivity (Wildman–Crippen MR) is 108 cm³/mol. The minimum Gasteiger partial charge on any atom is -0.381 e. The van der Waals surface area contributed by atoms with Gasteiger partial charge >= 0.3 is 0 Å². The van der Waals surface area contributed by atoms with Gasteiger partial charge in [-0.05, 0) is 37.3 Å². The summed E-state index contributed by atoms with van der Waals surface area (Å²) in [6.07, 6.45) is 3.64. The fourth-order valence-electron chi connectivity index (χ4n) is 4.41. The summed E-state index contributed by atoms with van der Waals surface area (Å²) >= 11 is 0. The number of Topliss-reactive ketones (excluding diaryl/α,β-unsaturated/α-hetero) is 1. The zero-order valence-electron chi connectivity index (χ0n) is 16.5. The Morgan fingerprint density at radius 1 is 1.25 bits per heavy atom. The minimum atomic E-state index is -0.00645. The van der Waals surface area contributed by atoms with Crippen LogP contribution in [0.4, 0.5) is 0 Å². The van der Waals surface area contributed by atoms with Crippen LogP contribution in [0.25, 0.3) is 0 Å². The van der Waals surface area contributed by atoms with E-state index in [1.54, 1.807) is 0 Å². The van der Waals surface area contributed by atoms with Crippen LogP contribution in [0.2, 0.25) is 0 Å². The Balaban J connectivity index is 1.57. The number of carbonyl (C=O) groups is 2. The van der Waals surface area contributed by atoms with Crippen molar-refractivity contribution in [1.82, 2.24) is 9.88 Å². The zero-order valence-corrected chi connectivity index (χ0v) is 16.5. The van der Waals surface area contributed by atoms with Crippen molar-refractivity contribution in [2.75, 3.05) is 19.8 Å². The normalized spacial score (nSPS) is 18.9. The van der Waals surface area contributed by atoms with Gasteiger partial charge in [0.2, 0.25) is 5.91 Å². The van der Waals surface area contributed by atoms with E-state index < -0.39 is 0 Å². The number of benzene rings is 1. The Hall–Kier alpha value is -2.40. The van der Waals surface area contributed by atoms with E-state index in [0.717, 1.165) is 61.5 Å².